The molecule has 0 saturated carbocycles. The van der Waals surface area contributed by atoms with Gasteiger partial charge in [0.15, 0.2) is 5.75 Å². The average molecular weight is 366 g/mol. The van der Waals surface area contributed by atoms with Gasteiger partial charge in [0.25, 0.3) is 0 Å². The summed E-state index contributed by atoms with van der Waals surface area (Å²) in [6, 6.07) is 14.3. The zero-order valence-electron chi connectivity index (χ0n) is 14.0. The molecule has 3 rings (SSSR count). The molecule has 0 saturated heterocycles. The van der Waals surface area contributed by atoms with E-state index in [9.17, 15) is 4.79 Å². The molecule has 5 nitrogen and oxygen atoms in total. The van der Waals surface area contributed by atoms with Crippen molar-refractivity contribution in [2.24, 2.45) is 0 Å². The number of carbonyl (C=O) groups excluding carboxylic acids is 1. The van der Waals surface area contributed by atoms with Crippen LogP contribution in [0.1, 0.15) is 11.3 Å². The number of carbonyl (C=O) groups is 1. The van der Waals surface area contributed by atoms with Crippen molar-refractivity contribution < 1.29 is 9.53 Å². The molecule has 0 spiro atoms. The number of anilines is 1. The maximum Gasteiger partial charge on any atom is 0.248 e. The zero-order chi connectivity index (χ0) is 18.4. The SMILES string of the molecule is Cc1ncccc1Oc1ccc(NC(=O)C=Cc2ccccc2Cl)cn1. The topological polar surface area (TPSA) is 64.1 Å². The average Bonchev–Trinajstić information content (AvgIpc) is 2.64. The quantitative estimate of drug-likeness (QED) is 0.654. The van der Waals surface area contributed by atoms with E-state index in [2.05, 4.69) is 15.3 Å². The first-order chi connectivity index (χ1) is 12.6. The van der Waals surface area contributed by atoms with Gasteiger partial charge in [-0.15, -0.1) is 0 Å². The largest absolute Gasteiger partial charge is 0.437 e. The number of amides is 1. The fourth-order valence-electron chi connectivity index (χ4n) is 2.16. The van der Waals surface area contributed by atoms with E-state index in [1.165, 1.54) is 12.3 Å². The molecule has 26 heavy (non-hydrogen) atoms. The second-order valence-corrected chi connectivity index (χ2v) is 5.83. The summed E-state index contributed by atoms with van der Waals surface area (Å²) in [5.41, 5.74) is 2.11. The summed E-state index contributed by atoms with van der Waals surface area (Å²) in [5.74, 6) is 0.786. The van der Waals surface area contributed by atoms with Gasteiger partial charge in [-0.1, -0.05) is 29.8 Å². The van der Waals surface area contributed by atoms with Crippen LogP contribution in [0, 0.1) is 6.92 Å². The summed E-state index contributed by atoms with van der Waals surface area (Å²) in [4.78, 5) is 20.4. The first-order valence-electron chi connectivity index (χ1n) is 7.91. The van der Waals surface area contributed by atoms with Crippen molar-refractivity contribution in [1.29, 1.82) is 0 Å². The number of ether oxygens (including phenoxy) is 1. The maximum atomic E-state index is 12.0. The minimum atomic E-state index is -0.275. The number of rotatable bonds is 5. The van der Waals surface area contributed by atoms with Crippen LogP contribution in [-0.4, -0.2) is 15.9 Å². The monoisotopic (exact) mass is 365 g/mol. The molecule has 2 aromatic heterocycles. The van der Waals surface area contributed by atoms with Crippen LogP contribution >= 0.6 is 11.6 Å². The molecule has 0 fully saturated rings. The molecule has 130 valence electrons. The second kappa shape index (κ2) is 8.27. The maximum absolute atomic E-state index is 12.0. The Hall–Kier alpha value is -3.18. The molecule has 0 bridgehead atoms. The zero-order valence-corrected chi connectivity index (χ0v) is 14.8. The van der Waals surface area contributed by atoms with E-state index in [0.717, 1.165) is 11.3 Å². The normalized spacial score (nSPS) is 10.7. The Morgan fingerprint density at radius 3 is 2.69 bits per heavy atom. The van der Waals surface area contributed by atoms with E-state index >= 15 is 0 Å². The van der Waals surface area contributed by atoms with Gasteiger partial charge in [-0.3, -0.25) is 9.78 Å². The number of aryl methyl sites for hydroxylation is 1. The third-order valence-electron chi connectivity index (χ3n) is 3.50. The van der Waals surface area contributed by atoms with Crippen molar-refractivity contribution in [3.8, 4) is 11.6 Å². The van der Waals surface area contributed by atoms with Crippen molar-refractivity contribution >= 4 is 29.3 Å². The smallest absolute Gasteiger partial charge is 0.248 e. The van der Waals surface area contributed by atoms with E-state index in [4.69, 9.17) is 16.3 Å². The van der Waals surface area contributed by atoms with Gasteiger partial charge in [0, 0.05) is 23.4 Å². The molecule has 0 aliphatic carbocycles. The van der Waals surface area contributed by atoms with Crippen LogP contribution in [0.25, 0.3) is 6.08 Å². The van der Waals surface area contributed by atoms with Crippen LogP contribution in [0.2, 0.25) is 5.02 Å². The van der Waals surface area contributed by atoms with Gasteiger partial charge in [-0.05, 0) is 42.8 Å². The lowest BCUT2D eigenvalue weighted by Gasteiger charge is -2.07. The number of hydrogen-bond donors (Lipinski definition) is 1. The number of hydrogen-bond acceptors (Lipinski definition) is 4. The van der Waals surface area contributed by atoms with Gasteiger partial charge in [0.2, 0.25) is 11.8 Å². The van der Waals surface area contributed by atoms with Gasteiger partial charge < -0.3 is 10.1 Å². The first-order valence-corrected chi connectivity index (χ1v) is 8.29. The van der Waals surface area contributed by atoms with Crippen molar-refractivity contribution in [2.45, 2.75) is 6.92 Å². The van der Waals surface area contributed by atoms with Gasteiger partial charge in [0.05, 0.1) is 17.6 Å². The fraction of sp³-hybridized carbons (Fsp3) is 0.0500. The van der Waals surface area contributed by atoms with E-state index < -0.39 is 0 Å². The summed E-state index contributed by atoms with van der Waals surface area (Å²) in [7, 11) is 0. The second-order valence-electron chi connectivity index (χ2n) is 5.42. The molecule has 2 heterocycles. The van der Waals surface area contributed by atoms with E-state index in [1.807, 2.05) is 31.2 Å². The number of benzene rings is 1. The highest BCUT2D eigenvalue weighted by Crippen LogP contribution is 2.22. The minimum absolute atomic E-state index is 0.275. The molecular weight excluding hydrogens is 350 g/mol. The lowest BCUT2D eigenvalue weighted by molar-refractivity contribution is -0.111. The Labute approximate surface area is 156 Å². The molecular formula is C20H16ClN3O2. The Balaban J connectivity index is 1.61. The predicted molar refractivity (Wildman–Crippen MR) is 102 cm³/mol. The lowest BCUT2D eigenvalue weighted by Crippen LogP contribution is -2.08. The minimum Gasteiger partial charge on any atom is -0.437 e. The van der Waals surface area contributed by atoms with Crippen molar-refractivity contribution in [2.75, 3.05) is 5.32 Å². The van der Waals surface area contributed by atoms with E-state index in [1.54, 1.807) is 36.5 Å². The third-order valence-corrected chi connectivity index (χ3v) is 3.84. The van der Waals surface area contributed by atoms with Crippen molar-refractivity contribution in [1.82, 2.24) is 9.97 Å². The Morgan fingerprint density at radius 2 is 1.96 bits per heavy atom. The van der Waals surface area contributed by atoms with Gasteiger partial charge in [-0.25, -0.2) is 4.98 Å². The standard InChI is InChI=1S/C20H16ClN3O2/c1-14-18(7-4-12-22-14)26-20-11-9-16(13-23-20)24-19(25)10-8-15-5-2-3-6-17(15)21/h2-13H,1H3,(H,24,25). The summed E-state index contributed by atoms with van der Waals surface area (Å²) >= 11 is 6.05. The summed E-state index contributed by atoms with van der Waals surface area (Å²) in [6.45, 7) is 1.86. The van der Waals surface area contributed by atoms with Crippen LogP contribution in [0.4, 0.5) is 5.69 Å². The molecule has 1 aromatic carbocycles. The number of halogens is 1. The third kappa shape index (κ3) is 4.68. The van der Waals surface area contributed by atoms with Crippen LogP contribution in [-0.2, 0) is 4.79 Å². The van der Waals surface area contributed by atoms with Crippen LogP contribution < -0.4 is 10.1 Å². The molecule has 0 unspecified atom stereocenters. The molecule has 6 heteroatoms. The molecule has 1 amide bonds. The Kier molecular flexibility index (Phi) is 5.61. The Bertz CT molecular complexity index is 940. The predicted octanol–water partition coefficient (Wildman–Crippen LogP) is 4.88. The van der Waals surface area contributed by atoms with Gasteiger partial charge >= 0.3 is 0 Å². The molecule has 0 atom stereocenters. The molecule has 1 N–H and O–H groups in total. The number of nitrogens with zero attached hydrogens (tertiary/aromatic N) is 2. The van der Waals surface area contributed by atoms with Crippen LogP contribution in [0.15, 0.2) is 67.0 Å². The first kappa shape index (κ1) is 17.6. The summed E-state index contributed by atoms with van der Waals surface area (Å²) in [5, 5.41) is 3.32. The van der Waals surface area contributed by atoms with E-state index in [0.29, 0.717) is 22.3 Å². The number of pyridine rings is 2. The Morgan fingerprint density at radius 1 is 1.12 bits per heavy atom. The highest BCUT2D eigenvalue weighted by Gasteiger charge is 2.04. The lowest BCUT2D eigenvalue weighted by atomic mass is 10.2. The van der Waals surface area contributed by atoms with Crippen molar-refractivity contribution in [3.63, 3.8) is 0 Å². The molecule has 3 aromatic rings. The van der Waals surface area contributed by atoms with E-state index in [-0.39, 0.29) is 5.91 Å². The van der Waals surface area contributed by atoms with Gasteiger partial charge in [-0.2, -0.15) is 0 Å². The van der Waals surface area contributed by atoms with Crippen molar-refractivity contribution in [3.05, 3.63) is 83.3 Å². The summed E-state index contributed by atoms with van der Waals surface area (Å²) in [6.07, 6.45) is 6.31. The molecule has 0 radical (unpaired) electrons. The van der Waals surface area contributed by atoms with Crippen LogP contribution in [0.5, 0.6) is 11.6 Å². The van der Waals surface area contributed by atoms with Gasteiger partial charge in [0.1, 0.15) is 0 Å². The summed E-state index contributed by atoms with van der Waals surface area (Å²) < 4.78 is 5.67. The number of nitrogens with one attached hydrogen (secondary N) is 1. The number of aromatic nitrogens is 2. The molecule has 0 aliphatic rings. The molecule has 0 aliphatic heterocycles. The highest BCUT2D eigenvalue weighted by atomic mass is 35.5. The highest BCUT2D eigenvalue weighted by molar-refractivity contribution is 6.32. The fourth-order valence-corrected chi connectivity index (χ4v) is 2.36. The van der Waals surface area contributed by atoms with Crippen LogP contribution in [0.3, 0.4) is 0 Å².